The van der Waals surface area contributed by atoms with Crippen molar-refractivity contribution in [3.63, 3.8) is 0 Å². The number of rotatable bonds is 6. The second-order valence-corrected chi connectivity index (χ2v) is 8.44. The second-order valence-electron chi connectivity index (χ2n) is 6.79. The standard InChI is InChI=1S/C17H22N2O5S/c1-25(22,23)24-10-11-8-13(9-11)12-2-4-14(5-3-12)18-15-6-7-16(20)19-17(15)21/h2-5,11,13,15,18H,6-10H2,1H3,(H,19,20,21)/t11-,13-,15?. The van der Waals surface area contributed by atoms with E-state index in [9.17, 15) is 18.0 Å². The Morgan fingerprint density at radius 3 is 2.48 bits per heavy atom. The van der Waals surface area contributed by atoms with Gasteiger partial charge in [-0.25, -0.2) is 0 Å². The zero-order chi connectivity index (χ0) is 18.0. The number of carbonyl (C=O) groups is 2. The lowest BCUT2D eigenvalue weighted by Crippen LogP contribution is -2.47. The zero-order valence-electron chi connectivity index (χ0n) is 14.0. The third kappa shape index (κ3) is 4.79. The Hall–Kier alpha value is -1.93. The monoisotopic (exact) mass is 366 g/mol. The van der Waals surface area contributed by atoms with Gasteiger partial charge in [0.2, 0.25) is 11.8 Å². The van der Waals surface area contributed by atoms with Crippen LogP contribution in [0.25, 0.3) is 0 Å². The van der Waals surface area contributed by atoms with E-state index >= 15 is 0 Å². The maximum absolute atomic E-state index is 11.8. The van der Waals surface area contributed by atoms with Gasteiger partial charge in [-0.15, -0.1) is 0 Å². The first kappa shape index (κ1) is 17.9. The topological polar surface area (TPSA) is 102 Å². The Balaban J connectivity index is 1.48. The Kier molecular flexibility index (Phi) is 5.10. The summed E-state index contributed by atoms with van der Waals surface area (Å²) in [6.45, 7) is 0.254. The van der Waals surface area contributed by atoms with Crippen molar-refractivity contribution in [2.75, 3.05) is 18.2 Å². The van der Waals surface area contributed by atoms with Gasteiger partial charge in [-0.1, -0.05) is 12.1 Å². The molecule has 1 aromatic rings. The van der Waals surface area contributed by atoms with Crippen molar-refractivity contribution in [1.29, 1.82) is 0 Å². The van der Waals surface area contributed by atoms with E-state index in [0.29, 0.717) is 18.8 Å². The van der Waals surface area contributed by atoms with Crippen LogP contribution in [0.2, 0.25) is 0 Å². The number of anilines is 1. The highest BCUT2D eigenvalue weighted by Gasteiger charge is 2.31. The lowest BCUT2D eigenvalue weighted by atomic mass is 9.72. The molecule has 25 heavy (non-hydrogen) atoms. The molecule has 1 unspecified atom stereocenters. The molecule has 1 saturated heterocycles. The van der Waals surface area contributed by atoms with Crippen LogP contribution >= 0.6 is 0 Å². The van der Waals surface area contributed by atoms with Gasteiger partial charge in [-0.3, -0.25) is 19.1 Å². The number of amides is 2. The minimum atomic E-state index is -3.37. The molecule has 1 heterocycles. The average Bonchev–Trinajstić information content (AvgIpc) is 2.49. The molecule has 0 aromatic heterocycles. The molecular formula is C17H22N2O5S. The van der Waals surface area contributed by atoms with Crippen LogP contribution in [0.5, 0.6) is 0 Å². The molecule has 0 bridgehead atoms. The van der Waals surface area contributed by atoms with Crippen LogP contribution in [0.4, 0.5) is 5.69 Å². The van der Waals surface area contributed by atoms with Crippen molar-refractivity contribution in [3.05, 3.63) is 29.8 Å². The van der Waals surface area contributed by atoms with E-state index in [0.717, 1.165) is 24.8 Å². The van der Waals surface area contributed by atoms with E-state index < -0.39 is 10.1 Å². The van der Waals surface area contributed by atoms with Crippen LogP contribution in [-0.4, -0.2) is 39.1 Å². The normalized spacial score (nSPS) is 26.7. The highest BCUT2D eigenvalue weighted by Crippen LogP contribution is 2.42. The van der Waals surface area contributed by atoms with E-state index in [1.54, 1.807) is 0 Å². The zero-order valence-corrected chi connectivity index (χ0v) is 14.8. The van der Waals surface area contributed by atoms with Gasteiger partial charge in [-0.2, -0.15) is 8.42 Å². The van der Waals surface area contributed by atoms with Gasteiger partial charge in [0.05, 0.1) is 12.9 Å². The van der Waals surface area contributed by atoms with E-state index in [-0.39, 0.29) is 30.4 Å². The van der Waals surface area contributed by atoms with Crippen LogP contribution < -0.4 is 10.6 Å². The quantitative estimate of drug-likeness (QED) is 0.582. The van der Waals surface area contributed by atoms with E-state index in [1.165, 1.54) is 5.56 Å². The number of nitrogens with one attached hydrogen (secondary N) is 2. The summed E-state index contributed by atoms with van der Waals surface area (Å²) in [5.74, 6) is 0.185. The fourth-order valence-corrected chi connectivity index (χ4v) is 3.69. The van der Waals surface area contributed by atoms with E-state index in [1.807, 2.05) is 24.3 Å². The van der Waals surface area contributed by atoms with Crippen LogP contribution in [0.1, 0.15) is 37.2 Å². The molecular weight excluding hydrogens is 344 g/mol. The van der Waals surface area contributed by atoms with Crippen molar-refractivity contribution in [1.82, 2.24) is 5.32 Å². The molecule has 8 heteroatoms. The summed E-state index contributed by atoms with van der Waals surface area (Å²) in [6, 6.07) is 7.52. The third-order valence-corrected chi connectivity index (χ3v) is 5.28. The molecule has 1 aliphatic heterocycles. The van der Waals surface area contributed by atoms with E-state index in [2.05, 4.69) is 10.6 Å². The molecule has 1 saturated carbocycles. The maximum Gasteiger partial charge on any atom is 0.264 e. The van der Waals surface area contributed by atoms with Gasteiger partial charge >= 0.3 is 0 Å². The molecule has 0 radical (unpaired) electrons. The molecule has 1 atom stereocenters. The molecule has 7 nitrogen and oxygen atoms in total. The first-order valence-corrected chi connectivity index (χ1v) is 10.2. The Bertz CT molecular complexity index is 754. The fourth-order valence-electron chi connectivity index (χ4n) is 3.25. The average molecular weight is 366 g/mol. The Labute approximate surface area is 147 Å². The van der Waals surface area contributed by atoms with Crippen molar-refractivity contribution in [3.8, 4) is 0 Å². The van der Waals surface area contributed by atoms with Crippen LogP contribution in [0, 0.1) is 5.92 Å². The highest BCUT2D eigenvalue weighted by molar-refractivity contribution is 7.85. The van der Waals surface area contributed by atoms with Crippen molar-refractivity contribution < 1.29 is 22.2 Å². The molecule has 2 N–H and O–H groups in total. The molecule has 2 amide bonds. The minimum absolute atomic E-state index is 0.224. The van der Waals surface area contributed by atoms with Gasteiger partial charge in [0, 0.05) is 12.1 Å². The summed E-state index contributed by atoms with van der Waals surface area (Å²) in [7, 11) is -3.37. The largest absolute Gasteiger partial charge is 0.374 e. The van der Waals surface area contributed by atoms with Crippen LogP contribution in [0.15, 0.2) is 24.3 Å². The molecule has 0 spiro atoms. The molecule has 2 fully saturated rings. The maximum atomic E-state index is 11.8. The van der Waals surface area contributed by atoms with Gasteiger partial charge in [0.15, 0.2) is 0 Å². The van der Waals surface area contributed by atoms with Crippen molar-refractivity contribution in [2.45, 2.75) is 37.6 Å². The predicted octanol–water partition coefficient (Wildman–Crippen LogP) is 1.37. The number of hydrogen-bond acceptors (Lipinski definition) is 6. The summed E-state index contributed by atoms with van der Waals surface area (Å²) < 4.78 is 26.8. The van der Waals surface area contributed by atoms with Crippen molar-refractivity contribution in [2.24, 2.45) is 5.92 Å². The summed E-state index contributed by atoms with van der Waals surface area (Å²) in [4.78, 5) is 22.9. The van der Waals surface area contributed by atoms with Crippen molar-refractivity contribution >= 4 is 27.6 Å². The molecule has 1 aromatic carbocycles. The fraction of sp³-hybridized carbons (Fsp3) is 0.529. The number of piperidine rings is 1. The number of benzene rings is 1. The summed E-state index contributed by atoms with van der Waals surface area (Å²) >= 11 is 0. The van der Waals surface area contributed by atoms with Gasteiger partial charge < -0.3 is 5.32 Å². The Morgan fingerprint density at radius 2 is 1.88 bits per heavy atom. The van der Waals surface area contributed by atoms with Crippen LogP contribution in [0.3, 0.4) is 0 Å². The smallest absolute Gasteiger partial charge is 0.264 e. The predicted molar refractivity (Wildman–Crippen MR) is 92.5 cm³/mol. The molecule has 1 aliphatic carbocycles. The third-order valence-electron chi connectivity index (χ3n) is 4.72. The lowest BCUT2D eigenvalue weighted by Gasteiger charge is -2.35. The first-order valence-electron chi connectivity index (χ1n) is 8.35. The first-order chi connectivity index (χ1) is 11.8. The molecule has 136 valence electrons. The SMILES string of the molecule is CS(=O)(=O)OC[C@H]1C[C@H](c2ccc(NC3CCC(=O)NC3=O)cc2)C1. The molecule has 2 aliphatic rings. The van der Waals surface area contributed by atoms with Crippen LogP contribution in [-0.2, 0) is 23.9 Å². The number of hydrogen-bond donors (Lipinski definition) is 2. The number of carbonyl (C=O) groups excluding carboxylic acids is 2. The van der Waals surface area contributed by atoms with Gasteiger partial charge in [0.1, 0.15) is 6.04 Å². The summed E-state index contributed by atoms with van der Waals surface area (Å²) in [5, 5.41) is 5.48. The lowest BCUT2D eigenvalue weighted by molar-refractivity contribution is -0.133. The van der Waals surface area contributed by atoms with E-state index in [4.69, 9.17) is 4.18 Å². The minimum Gasteiger partial charge on any atom is -0.374 e. The van der Waals surface area contributed by atoms with Gasteiger partial charge in [0.25, 0.3) is 10.1 Å². The van der Waals surface area contributed by atoms with Gasteiger partial charge in [-0.05, 0) is 48.8 Å². The Morgan fingerprint density at radius 1 is 1.20 bits per heavy atom. The summed E-state index contributed by atoms with van der Waals surface area (Å²) in [6.07, 6.45) is 3.74. The highest BCUT2D eigenvalue weighted by atomic mass is 32.2. The number of imide groups is 1. The summed E-state index contributed by atoms with van der Waals surface area (Å²) in [5.41, 5.74) is 2.04. The second kappa shape index (κ2) is 7.13. The molecule has 3 rings (SSSR count).